The number of carbonyl (C=O) groups excluding carboxylic acids is 4. The molecule has 0 fully saturated rings. The minimum absolute atomic E-state index is 0.105. The van der Waals surface area contributed by atoms with Crippen LogP contribution < -0.4 is 0 Å². The van der Waals surface area contributed by atoms with Gasteiger partial charge in [0.25, 0.3) is 0 Å². The van der Waals surface area contributed by atoms with E-state index in [2.05, 4.69) is 55.4 Å². The molecule has 0 aromatic heterocycles. The normalized spacial score (nSPS) is 14.8. The molecular formula is C72H140O17P2. The summed E-state index contributed by atoms with van der Waals surface area (Å²) in [7, 11) is -9.91. The summed E-state index contributed by atoms with van der Waals surface area (Å²) in [5, 5.41) is 10.6. The molecule has 0 saturated heterocycles. The molecule has 0 aliphatic heterocycles. The van der Waals surface area contributed by atoms with Crippen LogP contribution in [0.5, 0.6) is 0 Å². The van der Waals surface area contributed by atoms with E-state index in [-0.39, 0.29) is 25.7 Å². The van der Waals surface area contributed by atoms with Gasteiger partial charge in [0.1, 0.15) is 19.3 Å². The summed E-state index contributed by atoms with van der Waals surface area (Å²) in [6, 6.07) is 0. The molecule has 540 valence electrons. The molecule has 7 atom stereocenters. The van der Waals surface area contributed by atoms with Crippen LogP contribution in [-0.4, -0.2) is 96.7 Å². The number of phosphoric ester groups is 2. The number of ether oxygens (including phenoxy) is 4. The number of hydrogen-bond acceptors (Lipinski definition) is 15. The van der Waals surface area contributed by atoms with Crippen LogP contribution in [0, 0.1) is 23.7 Å². The molecule has 0 aliphatic rings. The van der Waals surface area contributed by atoms with Gasteiger partial charge in [0.05, 0.1) is 26.4 Å². The summed E-state index contributed by atoms with van der Waals surface area (Å²) in [4.78, 5) is 72.7. The highest BCUT2D eigenvalue weighted by atomic mass is 31.2. The lowest BCUT2D eigenvalue weighted by Crippen LogP contribution is -2.30. The van der Waals surface area contributed by atoms with E-state index in [1.807, 2.05) is 0 Å². The van der Waals surface area contributed by atoms with Gasteiger partial charge in [-0.2, -0.15) is 0 Å². The standard InChI is InChI=1S/C72H140O17P2/c1-9-64(7)50-42-34-26-20-15-17-23-29-39-47-55-72(77)89-68(59-83-70(75)53-45-37-31-30-35-43-51-65(8)10-2)61-87-91(80,81)85-57-66(73)56-84-90(78,79)86-60-67(88-71(76)54-46-38-28-22-16-14-19-25-33-41-49-63(5)6)58-82-69(74)52-44-36-27-21-13-11-12-18-24-32-40-48-62(3)4/h62-68,73H,9-61H2,1-8H3,(H,78,79)(H,80,81)/t64?,65?,66-,67-,68-/m1/s1. The number of carbonyl (C=O) groups is 4. The van der Waals surface area contributed by atoms with E-state index in [1.54, 1.807) is 0 Å². The van der Waals surface area contributed by atoms with Gasteiger partial charge in [-0.3, -0.25) is 37.3 Å². The fourth-order valence-corrected chi connectivity index (χ4v) is 12.4. The van der Waals surface area contributed by atoms with E-state index in [9.17, 15) is 43.2 Å². The Labute approximate surface area is 556 Å². The Morgan fingerprint density at radius 3 is 0.780 bits per heavy atom. The molecule has 4 unspecified atom stereocenters. The highest BCUT2D eigenvalue weighted by molar-refractivity contribution is 7.47. The van der Waals surface area contributed by atoms with Crippen LogP contribution in [0.15, 0.2) is 0 Å². The van der Waals surface area contributed by atoms with Gasteiger partial charge in [-0.15, -0.1) is 0 Å². The summed E-state index contributed by atoms with van der Waals surface area (Å²) in [6.45, 7) is 14.1. The maximum absolute atomic E-state index is 13.0. The van der Waals surface area contributed by atoms with Crippen molar-refractivity contribution in [3.8, 4) is 0 Å². The molecule has 0 bridgehead atoms. The first-order valence-corrected chi connectivity index (χ1v) is 40.3. The number of rotatable bonds is 69. The molecular weight excluding hydrogens is 1200 g/mol. The molecule has 0 aromatic carbocycles. The highest BCUT2D eigenvalue weighted by Gasteiger charge is 2.30. The fraction of sp³-hybridized carbons (Fsp3) is 0.944. The lowest BCUT2D eigenvalue weighted by Gasteiger charge is -2.21. The summed E-state index contributed by atoms with van der Waals surface area (Å²) < 4.78 is 68.4. The van der Waals surface area contributed by atoms with Crippen molar-refractivity contribution in [2.45, 2.75) is 375 Å². The molecule has 0 rings (SSSR count). The largest absolute Gasteiger partial charge is 0.472 e. The van der Waals surface area contributed by atoms with E-state index in [1.165, 1.54) is 154 Å². The third-order valence-electron chi connectivity index (χ3n) is 17.3. The van der Waals surface area contributed by atoms with Gasteiger partial charge in [-0.1, -0.05) is 306 Å². The number of aliphatic hydroxyl groups is 1. The van der Waals surface area contributed by atoms with Crippen LogP contribution in [0.3, 0.4) is 0 Å². The van der Waals surface area contributed by atoms with Gasteiger partial charge in [0.15, 0.2) is 12.2 Å². The van der Waals surface area contributed by atoms with Crippen LogP contribution in [0.25, 0.3) is 0 Å². The SMILES string of the molecule is CCC(C)CCCCCCCCCCCCC(=O)O[C@H](COC(=O)CCCCCCCCC(C)CC)COP(=O)(O)OC[C@H](O)COP(=O)(O)OC[C@@H](COC(=O)CCCCCCCCCCCCCC(C)C)OC(=O)CCCCCCCCCCCCC(C)C. The summed E-state index contributed by atoms with van der Waals surface area (Å²) in [5.41, 5.74) is 0. The Morgan fingerprint density at radius 1 is 0.308 bits per heavy atom. The fourth-order valence-electron chi connectivity index (χ4n) is 10.8. The molecule has 0 aromatic rings. The monoisotopic (exact) mass is 1340 g/mol. The van der Waals surface area contributed by atoms with Crippen molar-refractivity contribution in [2.75, 3.05) is 39.6 Å². The quantitative estimate of drug-likeness (QED) is 0.0222. The van der Waals surface area contributed by atoms with Gasteiger partial charge in [0, 0.05) is 25.7 Å². The van der Waals surface area contributed by atoms with Gasteiger partial charge < -0.3 is 33.8 Å². The molecule has 91 heavy (non-hydrogen) atoms. The average molecular weight is 1340 g/mol. The molecule has 0 heterocycles. The molecule has 3 N–H and O–H groups in total. The number of hydrogen-bond donors (Lipinski definition) is 3. The van der Waals surface area contributed by atoms with E-state index in [0.29, 0.717) is 25.7 Å². The van der Waals surface area contributed by atoms with Crippen LogP contribution in [-0.2, 0) is 65.4 Å². The van der Waals surface area contributed by atoms with Gasteiger partial charge in [-0.25, -0.2) is 9.13 Å². The van der Waals surface area contributed by atoms with E-state index in [0.717, 1.165) is 120 Å². The Hall–Kier alpha value is -1.94. The van der Waals surface area contributed by atoms with Gasteiger partial charge in [0.2, 0.25) is 0 Å². The predicted molar refractivity (Wildman–Crippen MR) is 367 cm³/mol. The third kappa shape index (κ3) is 63.9. The number of aliphatic hydroxyl groups excluding tert-OH is 1. The summed E-state index contributed by atoms with van der Waals surface area (Å²) in [5.74, 6) is 0.930. The smallest absolute Gasteiger partial charge is 0.462 e. The summed E-state index contributed by atoms with van der Waals surface area (Å²) >= 11 is 0. The van der Waals surface area contributed by atoms with E-state index in [4.69, 9.17) is 37.0 Å². The number of phosphoric acid groups is 2. The van der Waals surface area contributed by atoms with Crippen molar-refractivity contribution >= 4 is 39.5 Å². The minimum Gasteiger partial charge on any atom is -0.462 e. The maximum atomic E-state index is 13.0. The molecule has 0 spiro atoms. The van der Waals surface area contributed by atoms with Gasteiger partial charge >= 0.3 is 39.5 Å². The minimum atomic E-state index is -4.95. The Balaban J connectivity index is 5.27. The zero-order valence-electron chi connectivity index (χ0n) is 59.5. The molecule has 17 nitrogen and oxygen atoms in total. The van der Waals surface area contributed by atoms with Crippen molar-refractivity contribution in [2.24, 2.45) is 23.7 Å². The van der Waals surface area contributed by atoms with Crippen molar-refractivity contribution in [1.29, 1.82) is 0 Å². The average Bonchev–Trinajstić information content (AvgIpc) is 3.65. The Bertz CT molecular complexity index is 1800. The van der Waals surface area contributed by atoms with Crippen LogP contribution in [0.1, 0.15) is 357 Å². The van der Waals surface area contributed by atoms with Crippen LogP contribution >= 0.6 is 15.6 Å². The van der Waals surface area contributed by atoms with Crippen LogP contribution in [0.4, 0.5) is 0 Å². The Morgan fingerprint density at radius 2 is 0.527 bits per heavy atom. The molecule has 0 radical (unpaired) electrons. The molecule has 0 amide bonds. The second-order valence-corrected chi connectivity index (χ2v) is 30.3. The second kappa shape index (κ2) is 61.6. The van der Waals surface area contributed by atoms with Crippen molar-refractivity contribution in [3.63, 3.8) is 0 Å². The zero-order chi connectivity index (χ0) is 67.5. The van der Waals surface area contributed by atoms with E-state index < -0.39 is 97.5 Å². The topological polar surface area (TPSA) is 237 Å². The molecule has 0 aliphatic carbocycles. The maximum Gasteiger partial charge on any atom is 0.472 e. The van der Waals surface area contributed by atoms with Crippen molar-refractivity contribution in [1.82, 2.24) is 0 Å². The second-order valence-electron chi connectivity index (χ2n) is 27.4. The van der Waals surface area contributed by atoms with Crippen molar-refractivity contribution in [3.05, 3.63) is 0 Å². The van der Waals surface area contributed by atoms with Crippen LogP contribution in [0.2, 0.25) is 0 Å². The predicted octanol–water partition coefficient (Wildman–Crippen LogP) is 20.5. The first kappa shape index (κ1) is 89.1. The molecule has 19 heteroatoms. The third-order valence-corrected chi connectivity index (χ3v) is 19.2. The first-order valence-electron chi connectivity index (χ1n) is 37.3. The number of esters is 4. The lowest BCUT2D eigenvalue weighted by molar-refractivity contribution is -0.161. The zero-order valence-corrected chi connectivity index (χ0v) is 61.3. The van der Waals surface area contributed by atoms with Crippen molar-refractivity contribution < 1.29 is 80.2 Å². The van der Waals surface area contributed by atoms with E-state index >= 15 is 0 Å². The summed E-state index contributed by atoms with van der Waals surface area (Å²) in [6.07, 6.45) is 44.3. The lowest BCUT2D eigenvalue weighted by atomic mass is 9.99. The van der Waals surface area contributed by atoms with Gasteiger partial charge in [-0.05, 0) is 49.4 Å². The first-order chi connectivity index (χ1) is 43.7. The molecule has 0 saturated carbocycles. The highest BCUT2D eigenvalue weighted by Crippen LogP contribution is 2.45. The number of unbranched alkanes of at least 4 members (excludes halogenated alkanes) is 33. The Kier molecular flexibility index (Phi) is 60.3.